The average Bonchev–Trinajstić information content (AvgIpc) is 2.36. The summed E-state index contributed by atoms with van der Waals surface area (Å²) in [5.74, 6) is 1.25. The van der Waals surface area contributed by atoms with Crippen LogP contribution in [0, 0.1) is 0 Å². The number of hydrogen-bond acceptors (Lipinski definition) is 3. The van der Waals surface area contributed by atoms with Gasteiger partial charge in [0.05, 0.1) is 5.60 Å². The zero-order chi connectivity index (χ0) is 13.8. The van der Waals surface area contributed by atoms with Gasteiger partial charge < -0.3 is 14.6 Å². The topological polar surface area (TPSA) is 38.7 Å². The Hall–Kier alpha value is -1.06. The Balaban J connectivity index is 2.61. The van der Waals surface area contributed by atoms with Gasteiger partial charge in [-0.15, -0.1) is 0 Å². The van der Waals surface area contributed by atoms with E-state index in [0.29, 0.717) is 5.92 Å². The summed E-state index contributed by atoms with van der Waals surface area (Å²) in [6.45, 7) is 8.18. The normalized spacial score (nSPS) is 13.7. The molecule has 0 saturated carbocycles. The molecule has 18 heavy (non-hydrogen) atoms. The molecule has 3 heteroatoms. The molecule has 1 aromatic carbocycles. The van der Waals surface area contributed by atoms with Crippen LogP contribution in [0.5, 0.6) is 5.75 Å². The highest BCUT2D eigenvalue weighted by molar-refractivity contribution is 5.30. The SMILES string of the molecule is COC(C)(C)C(O)COc1cccc(C(C)C)c1. The number of aliphatic hydroxyl groups excluding tert-OH is 1. The first-order valence-corrected chi connectivity index (χ1v) is 6.33. The Morgan fingerprint density at radius 1 is 1.28 bits per heavy atom. The Morgan fingerprint density at radius 3 is 2.50 bits per heavy atom. The van der Waals surface area contributed by atoms with Crippen LogP contribution in [0.4, 0.5) is 0 Å². The summed E-state index contributed by atoms with van der Waals surface area (Å²) in [7, 11) is 1.59. The molecule has 1 rings (SSSR count). The van der Waals surface area contributed by atoms with E-state index in [4.69, 9.17) is 9.47 Å². The highest BCUT2D eigenvalue weighted by atomic mass is 16.5. The van der Waals surface area contributed by atoms with Gasteiger partial charge in [0.15, 0.2) is 0 Å². The van der Waals surface area contributed by atoms with Crippen molar-refractivity contribution in [1.29, 1.82) is 0 Å². The maximum Gasteiger partial charge on any atom is 0.119 e. The molecule has 0 radical (unpaired) electrons. The molecule has 0 fully saturated rings. The Kier molecular flexibility index (Phi) is 5.17. The van der Waals surface area contributed by atoms with E-state index in [1.54, 1.807) is 7.11 Å². The van der Waals surface area contributed by atoms with E-state index >= 15 is 0 Å². The number of ether oxygens (including phenoxy) is 2. The second kappa shape index (κ2) is 6.21. The number of benzene rings is 1. The van der Waals surface area contributed by atoms with Gasteiger partial charge in [-0.25, -0.2) is 0 Å². The fraction of sp³-hybridized carbons (Fsp3) is 0.600. The molecule has 1 unspecified atom stereocenters. The predicted octanol–water partition coefficient (Wildman–Crippen LogP) is 2.97. The third-order valence-electron chi connectivity index (χ3n) is 3.26. The zero-order valence-electron chi connectivity index (χ0n) is 11.9. The fourth-order valence-corrected chi connectivity index (χ4v) is 1.48. The maximum absolute atomic E-state index is 9.97. The highest BCUT2D eigenvalue weighted by Gasteiger charge is 2.27. The molecule has 0 bridgehead atoms. The summed E-state index contributed by atoms with van der Waals surface area (Å²) in [5.41, 5.74) is 0.628. The van der Waals surface area contributed by atoms with Crippen molar-refractivity contribution in [2.24, 2.45) is 0 Å². The second-order valence-corrected chi connectivity index (χ2v) is 5.36. The Morgan fingerprint density at radius 2 is 1.94 bits per heavy atom. The first-order chi connectivity index (χ1) is 8.36. The van der Waals surface area contributed by atoms with Crippen molar-refractivity contribution >= 4 is 0 Å². The zero-order valence-corrected chi connectivity index (χ0v) is 11.9. The fourth-order valence-electron chi connectivity index (χ4n) is 1.48. The average molecular weight is 252 g/mol. The van der Waals surface area contributed by atoms with Crippen LogP contribution >= 0.6 is 0 Å². The van der Waals surface area contributed by atoms with Crippen LogP contribution in [-0.4, -0.2) is 30.5 Å². The summed E-state index contributed by atoms with van der Waals surface area (Å²) < 4.78 is 10.8. The molecular formula is C15H24O3. The minimum atomic E-state index is -0.662. The van der Waals surface area contributed by atoms with Crippen LogP contribution in [0.2, 0.25) is 0 Å². The molecule has 0 aliphatic rings. The van der Waals surface area contributed by atoms with Crippen LogP contribution in [0.3, 0.4) is 0 Å². The standard InChI is InChI=1S/C15H24O3/c1-11(2)12-7-6-8-13(9-12)18-10-14(16)15(3,4)17-5/h6-9,11,14,16H,10H2,1-5H3. The molecule has 102 valence electrons. The van der Waals surface area contributed by atoms with Gasteiger partial charge in [-0.05, 0) is 37.5 Å². The Labute approximate surface area is 110 Å². The first kappa shape index (κ1) is 15.0. The number of hydrogen-bond donors (Lipinski definition) is 1. The van der Waals surface area contributed by atoms with E-state index in [0.717, 1.165) is 5.75 Å². The quantitative estimate of drug-likeness (QED) is 0.846. The molecule has 0 amide bonds. The minimum Gasteiger partial charge on any atom is -0.491 e. The molecule has 1 N–H and O–H groups in total. The smallest absolute Gasteiger partial charge is 0.119 e. The van der Waals surface area contributed by atoms with E-state index in [1.807, 2.05) is 32.0 Å². The van der Waals surface area contributed by atoms with Crippen molar-refractivity contribution in [3.63, 3.8) is 0 Å². The monoisotopic (exact) mass is 252 g/mol. The third-order valence-corrected chi connectivity index (χ3v) is 3.26. The number of methoxy groups -OCH3 is 1. The van der Waals surface area contributed by atoms with E-state index in [2.05, 4.69) is 19.9 Å². The Bertz CT molecular complexity index is 372. The van der Waals surface area contributed by atoms with Crippen LogP contribution in [0.15, 0.2) is 24.3 Å². The van der Waals surface area contributed by atoms with Crippen molar-refractivity contribution in [1.82, 2.24) is 0 Å². The lowest BCUT2D eigenvalue weighted by Gasteiger charge is -2.28. The maximum atomic E-state index is 9.97. The van der Waals surface area contributed by atoms with Gasteiger partial charge in [0.2, 0.25) is 0 Å². The van der Waals surface area contributed by atoms with Gasteiger partial charge in [0, 0.05) is 7.11 Å². The molecular weight excluding hydrogens is 228 g/mol. The number of rotatable bonds is 6. The molecule has 0 aliphatic heterocycles. The third kappa shape index (κ3) is 4.00. The van der Waals surface area contributed by atoms with Crippen molar-refractivity contribution in [3.05, 3.63) is 29.8 Å². The molecule has 1 atom stereocenters. The van der Waals surface area contributed by atoms with Crippen molar-refractivity contribution in [3.8, 4) is 5.75 Å². The molecule has 3 nitrogen and oxygen atoms in total. The van der Waals surface area contributed by atoms with Gasteiger partial charge in [-0.3, -0.25) is 0 Å². The van der Waals surface area contributed by atoms with Gasteiger partial charge in [0.25, 0.3) is 0 Å². The van der Waals surface area contributed by atoms with Crippen LogP contribution < -0.4 is 4.74 Å². The van der Waals surface area contributed by atoms with Gasteiger partial charge in [-0.1, -0.05) is 26.0 Å². The van der Waals surface area contributed by atoms with Crippen LogP contribution in [-0.2, 0) is 4.74 Å². The molecule has 0 heterocycles. The molecule has 0 aromatic heterocycles. The molecule has 0 aliphatic carbocycles. The van der Waals surface area contributed by atoms with E-state index in [9.17, 15) is 5.11 Å². The highest BCUT2D eigenvalue weighted by Crippen LogP contribution is 2.21. The van der Waals surface area contributed by atoms with E-state index in [1.165, 1.54) is 5.56 Å². The molecule has 0 spiro atoms. The lowest BCUT2D eigenvalue weighted by molar-refractivity contribution is -0.0915. The van der Waals surface area contributed by atoms with Gasteiger partial charge >= 0.3 is 0 Å². The summed E-state index contributed by atoms with van der Waals surface area (Å²) in [5, 5.41) is 9.97. The molecule has 1 aromatic rings. The van der Waals surface area contributed by atoms with E-state index in [-0.39, 0.29) is 6.61 Å². The molecule has 0 saturated heterocycles. The predicted molar refractivity (Wildman–Crippen MR) is 73.1 cm³/mol. The van der Waals surface area contributed by atoms with Crippen LogP contribution in [0.1, 0.15) is 39.2 Å². The van der Waals surface area contributed by atoms with E-state index < -0.39 is 11.7 Å². The lowest BCUT2D eigenvalue weighted by Crippen LogP contribution is -2.42. The summed E-state index contributed by atoms with van der Waals surface area (Å²) in [6.07, 6.45) is -0.662. The minimum absolute atomic E-state index is 0.225. The summed E-state index contributed by atoms with van der Waals surface area (Å²) in [6, 6.07) is 7.96. The summed E-state index contributed by atoms with van der Waals surface area (Å²) in [4.78, 5) is 0. The summed E-state index contributed by atoms with van der Waals surface area (Å²) >= 11 is 0. The van der Waals surface area contributed by atoms with Crippen molar-refractivity contribution in [2.75, 3.05) is 13.7 Å². The van der Waals surface area contributed by atoms with Gasteiger partial charge in [0.1, 0.15) is 18.5 Å². The van der Waals surface area contributed by atoms with Crippen molar-refractivity contribution < 1.29 is 14.6 Å². The lowest BCUT2D eigenvalue weighted by atomic mass is 10.0. The first-order valence-electron chi connectivity index (χ1n) is 6.33. The van der Waals surface area contributed by atoms with Crippen LogP contribution in [0.25, 0.3) is 0 Å². The second-order valence-electron chi connectivity index (χ2n) is 5.36. The van der Waals surface area contributed by atoms with Crippen molar-refractivity contribution in [2.45, 2.75) is 45.3 Å². The van der Waals surface area contributed by atoms with Gasteiger partial charge in [-0.2, -0.15) is 0 Å². The largest absolute Gasteiger partial charge is 0.491 e. The number of aliphatic hydroxyl groups is 1.